The molecule has 0 radical (unpaired) electrons. The lowest BCUT2D eigenvalue weighted by Gasteiger charge is -2.40. The highest BCUT2D eigenvalue weighted by Gasteiger charge is 2.33. The molecule has 0 bridgehead atoms. The van der Waals surface area contributed by atoms with Crippen LogP contribution in [0.4, 0.5) is 5.82 Å². The minimum atomic E-state index is 0.0281. The van der Waals surface area contributed by atoms with Crippen LogP contribution in [0, 0.1) is 24.2 Å². The first kappa shape index (κ1) is 20.6. The van der Waals surface area contributed by atoms with Crippen molar-refractivity contribution in [3.05, 3.63) is 71.7 Å². The van der Waals surface area contributed by atoms with Crippen LogP contribution in [0.2, 0.25) is 0 Å². The first-order valence-corrected chi connectivity index (χ1v) is 10.6. The number of anilines is 1. The fourth-order valence-corrected chi connectivity index (χ4v) is 4.17. The zero-order valence-corrected chi connectivity index (χ0v) is 17.8. The summed E-state index contributed by atoms with van der Waals surface area (Å²) in [6.07, 6.45) is 7.20. The Balaban J connectivity index is 1.58. The van der Waals surface area contributed by atoms with Crippen LogP contribution in [0.25, 0.3) is 5.69 Å². The Morgan fingerprint density at radius 1 is 1.32 bits per heavy atom. The monoisotopic (exact) mass is 414 g/mol. The number of amides is 1. The average Bonchev–Trinajstić information content (AvgIpc) is 3.32. The Labute approximate surface area is 182 Å². The van der Waals surface area contributed by atoms with Crippen molar-refractivity contribution in [2.24, 2.45) is 5.92 Å². The smallest absolute Gasteiger partial charge is 0.256 e. The highest BCUT2D eigenvalue weighted by atomic mass is 16.2. The van der Waals surface area contributed by atoms with Gasteiger partial charge in [-0.15, -0.1) is 0 Å². The van der Waals surface area contributed by atoms with E-state index in [9.17, 15) is 4.79 Å². The largest absolute Gasteiger partial charge is 0.368 e. The molecule has 3 aromatic rings. The van der Waals surface area contributed by atoms with Gasteiger partial charge in [-0.3, -0.25) is 4.79 Å². The standard InChI is InChI=1S/C24H26N6O/c1-17-6-8-21(30-12-4-10-28-30)20(13-17)24(31)29-11-3-5-18(2)22(29)16-27-23-9-7-19(14-25)15-26-23/h4,6-10,12-13,15,18,22H,3,5,11,16H2,1-2H3,(H,26,27)/t18-,22?/m1/s1. The van der Waals surface area contributed by atoms with E-state index in [0.717, 1.165) is 30.6 Å². The molecule has 7 heteroatoms. The van der Waals surface area contributed by atoms with E-state index in [2.05, 4.69) is 28.4 Å². The number of nitriles is 1. The molecule has 1 aromatic carbocycles. The molecule has 0 spiro atoms. The van der Waals surface area contributed by atoms with Gasteiger partial charge in [0.05, 0.1) is 22.9 Å². The number of rotatable bonds is 5. The lowest BCUT2D eigenvalue weighted by Crippen LogP contribution is -2.51. The summed E-state index contributed by atoms with van der Waals surface area (Å²) in [7, 11) is 0. The minimum Gasteiger partial charge on any atom is -0.368 e. The number of nitrogens with one attached hydrogen (secondary N) is 1. The summed E-state index contributed by atoms with van der Waals surface area (Å²) in [5.74, 6) is 1.10. The predicted molar refractivity (Wildman–Crippen MR) is 119 cm³/mol. The third kappa shape index (κ3) is 4.43. The van der Waals surface area contributed by atoms with Crippen LogP contribution in [-0.2, 0) is 0 Å². The summed E-state index contributed by atoms with van der Waals surface area (Å²) in [5.41, 5.74) is 3.03. The van der Waals surface area contributed by atoms with Gasteiger partial charge < -0.3 is 10.2 Å². The highest BCUT2D eigenvalue weighted by Crippen LogP contribution is 2.27. The first-order valence-electron chi connectivity index (χ1n) is 10.6. The van der Waals surface area contributed by atoms with Gasteiger partial charge in [-0.1, -0.05) is 18.6 Å². The zero-order chi connectivity index (χ0) is 21.8. The van der Waals surface area contributed by atoms with Gasteiger partial charge in [0.25, 0.3) is 5.91 Å². The Kier molecular flexibility index (Phi) is 5.99. The molecule has 3 heterocycles. The molecule has 1 N–H and O–H groups in total. The molecule has 0 saturated carbocycles. The number of benzene rings is 1. The van der Waals surface area contributed by atoms with Crippen molar-refractivity contribution in [3.8, 4) is 11.8 Å². The lowest BCUT2D eigenvalue weighted by atomic mass is 9.89. The number of likely N-dealkylation sites (tertiary alicyclic amines) is 1. The summed E-state index contributed by atoms with van der Waals surface area (Å²) in [4.78, 5) is 20.0. The van der Waals surface area contributed by atoms with Gasteiger partial charge in [-0.05, 0) is 56.0 Å². The molecule has 2 aromatic heterocycles. The predicted octanol–water partition coefficient (Wildman–Crippen LogP) is 3.80. The van der Waals surface area contributed by atoms with Gasteiger partial charge in [0, 0.05) is 31.7 Å². The summed E-state index contributed by atoms with van der Waals surface area (Å²) < 4.78 is 1.74. The fourth-order valence-electron chi connectivity index (χ4n) is 4.17. The van der Waals surface area contributed by atoms with Crippen molar-refractivity contribution < 1.29 is 4.79 Å². The molecule has 4 rings (SSSR count). The maximum atomic E-state index is 13.7. The number of hydrogen-bond acceptors (Lipinski definition) is 5. The molecule has 158 valence electrons. The molecule has 0 aliphatic carbocycles. The molecule has 7 nitrogen and oxygen atoms in total. The summed E-state index contributed by atoms with van der Waals surface area (Å²) in [6, 6.07) is 13.4. The third-order valence-corrected chi connectivity index (χ3v) is 5.90. The van der Waals surface area contributed by atoms with E-state index >= 15 is 0 Å². The highest BCUT2D eigenvalue weighted by molar-refractivity contribution is 5.98. The molecular formula is C24H26N6O. The Bertz CT molecular complexity index is 1080. The summed E-state index contributed by atoms with van der Waals surface area (Å²) >= 11 is 0. The maximum Gasteiger partial charge on any atom is 0.256 e. The maximum absolute atomic E-state index is 13.7. The molecule has 1 unspecified atom stereocenters. The van der Waals surface area contributed by atoms with Crippen LogP contribution in [0.3, 0.4) is 0 Å². The molecule has 2 atom stereocenters. The molecule has 31 heavy (non-hydrogen) atoms. The Morgan fingerprint density at radius 3 is 2.90 bits per heavy atom. The van der Waals surface area contributed by atoms with Crippen LogP contribution in [0.1, 0.15) is 41.3 Å². The van der Waals surface area contributed by atoms with Crippen molar-refractivity contribution >= 4 is 11.7 Å². The fraction of sp³-hybridized carbons (Fsp3) is 0.333. The second kappa shape index (κ2) is 9.00. The number of aryl methyl sites for hydroxylation is 1. The molecule has 1 fully saturated rings. The first-order chi connectivity index (χ1) is 15.1. The van der Waals surface area contributed by atoms with Gasteiger partial charge in [-0.2, -0.15) is 10.4 Å². The van der Waals surface area contributed by atoms with Gasteiger partial charge in [-0.25, -0.2) is 9.67 Å². The number of pyridine rings is 1. The van der Waals surface area contributed by atoms with Crippen molar-refractivity contribution in [3.63, 3.8) is 0 Å². The van der Waals surface area contributed by atoms with Gasteiger partial charge in [0.1, 0.15) is 11.9 Å². The number of piperidine rings is 1. The lowest BCUT2D eigenvalue weighted by molar-refractivity contribution is 0.0540. The normalized spacial score (nSPS) is 18.4. The number of carbonyl (C=O) groups is 1. The van der Waals surface area contributed by atoms with Crippen molar-refractivity contribution in [2.45, 2.75) is 32.7 Å². The van der Waals surface area contributed by atoms with Crippen molar-refractivity contribution in [1.82, 2.24) is 19.7 Å². The zero-order valence-electron chi connectivity index (χ0n) is 17.8. The Morgan fingerprint density at radius 2 is 2.19 bits per heavy atom. The molecule has 1 aliphatic heterocycles. The topological polar surface area (TPSA) is 86.8 Å². The van der Waals surface area contributed by atoms with Crippen molar-refractivity contribution in [2.75, 3.05) is 18.4 Å². The molecule has 1 aliphatic rings. The van der Waals surface area contributed by atoms with E-state index in [-0.39, 0.29) is 11.9 Å². The van der Waals surface area contributed by atoms with Gasteiger partial charge >= 0.3 is 0 Å². The molecule has 1 amide bonds. The van der Waals surface area contributed by atoms with Crippen LogP contribution in [0.15, 0.2) is 55.0 Å². The SMILES string of the molecule is Cc1ccc(-n2cccn2)c(C(=O)N2CCC[C@@H](C)C2CNc2ccc(C#N)cn2)c1. The van der Waals surface area contributed by atoms with Gasteiger partial charge in [0.15, 0.2) is 0 Å². The van der Waals surface area contributed by atoms with E-state index in [4.69, 9.17) is 5.26 Å². The van der Waals surface area contributed by atoms with Crippen molar-refractivity contribution in [1.29, 1.82) is 5.26 Å². The number of nitrogens with zero attached hydrogens (tertiary/aromatic N) is 5. The number of carbonyl (C=O) groups excluding carboxylic acids is 1. The van der Waals surface area contributed by atoms with Crippen LogP contribution in [-0.4, -0.2) is 44.7 Å². The quantitative estimate of drug-likeness (QED) is 0.686. The van der Waals surface area contributed by atoms with Gasteiger partial charge in [0.2, 0.25) is 0 Å². The second-order valence-corrected chi connectivity index (χ2v) is 8.08. The van der Waals surface area contributed by atoms with E-state index in [1.165, 1.54) is 0 Å². The van der Waals surface area contributed by atoms with Crippen LogP contribution >= 0.6 is 0 Å². The summed E-state index contributed by atoms with van der Waals surface area (Å²) in [5, 5.41) is 16.6. The molecule has 1 saturated heterocycles. The number of aromatic nitrogens is 3. The van der Waals surface area contributed by atoms with Crippen LogP contribution in [0.5, 0.6) is 0 Å². The second-order valence-electron chi connectivity index (χ2n) is 8.08. The van der Waals surface area contributed by atoms with E-state index in [1.54, 1.807) is 29.2 Å². The average molecular weight is 415 g/mol. The minimum absolute atomic E-state index is 0.0281. The Hall–Kier alpha value is -3.66. The van der Waals surface area contributed by atoms with E-state index in [0.29, 0.717) is 29.4 Å². The number of hydrogen-bond donors (Lipinski definition) is 1. The van der Waals surface area contributed by atoms with Crippen LogP contribution < -0.4 is 5.32 Å². The van der Waals surface area contributed by atoms with E-state index in [1.807, 2.05) is 42.3 Å². The van der Waals surface area contributed by atoms with E-state index < -0.39 is 0 Å². The molecular weight excluding hydrogens is 388 g/mol. The third-order valence-electron chi connectivity index (χ3n) is 5.90. The summed E-state index contributed by atoms with van der Waals surface area (Å²) in [6.45, 7) is 5.53.